The molecule has 0 bridgehead atoms. The fourth-order valence-electron chi connectivity index (χ4n) is 2.63. The van der Waals surface area contributed by atoms with E-state index < -0.39 is 0 Å². The molecule has 0 unspecified atom stereocenters. The Balaban J connectivity index is 1.58. The van der Waals surface area contributed by atoms with Crippen LogP contribution in [-0.4, -0.2) is 33.2 Å². The standard InChI is InChI=1S/C18H20N4O3/c1-12-15(13(2)24-20-12)7-8-18(23)22(3)11-14-10-17(21-25-14)16-6-4-5-9-19-16/h4-6,9-10H,7-8,11H2,1-3H3. The minimum Gasteiger partial charge on any atom is -0.361 e. The van der Waals surface area contributed by atoms with E-state index in [1.165, 1.54) is 0 Å². The van der Waals surface area contributed by atoms with Gasteiger partial charge in [-0.1, -0.05) is 16.4 Å². The van der Waals surface area contributed by atoms with Gasteiger partial charge < -0.3 is 13.9 Å². The molecule has 7 nitrogen and oxygen atoms in total. The number of nitrogens with zero attached hydrogens (tertiary/aromatic N) is 4. The smallest absolute Gasteiger partial charge is 0.223 e. The summed E-state index contributed by atoms with van der Waals surface area (Å²) in [7, 11) is 1.75. The highest BCUT2D eigenvalue weighted by Gasteiger charge is 2.16. The molecule has 7 heteroatoms. The van der Waals surface area contributed by atoms with Gasteiger partial charge in [0.1, 0.15) is 11.5 Å². The molecule has 0 aliphatic rings. The van der Waals surface area contributed by atoms with E-state index in [0.717, 1.165) is 22.7 Å². The van der Waals surface area contributed by atoms with Gasteiger partial charge in [-0.15, -0.1) is 0 Å². The lowest BCUT2D eigenvalue weighted by Crippen LogP contribution is -2.26. The van der Waals surface area contributed by atoms with E-state index in [0.29, 0.717) is 30.8 Å². The Morgan fingerprint density at radius 3 is 2.68 bits per heavy atom. The van der Waals surface area contributed by atoms with E-state index in [4.69, 9.17) is 9.05 Å². The molecule has 0 saturated heterocycles. The zero-order valence-electron chi connectivity index (χ0n) is 14.5. The molecule has 0 aliphatic heterocycles. The second kappa shape index (κ2) is 7.29. The van der Waals surface area contributed by atoms with Crippen LogP contribution in [0.25, 0.3) is 11.4 Å². The highest BCUT2D eigenvalue weighted by atomic mass is 16.5. The van der Waals surface area contributed by atoms with Crippen molar-refractivity contribution in [3.63, 3.8) is 0 Å². The van der Waals surface area contributed by atoms with Crippen molar-refractivity contribution in [1.82, 2.24) is 20.2 Å². The molecule has 0 radical (unpaired) electrons. The molecule has 3 heterocycles. The molecule has 0 aliphatic carbocycles. The van der Waals surface area contributed by atoms with Crippen molar-refractivity contribution >= 4 is 5.91 Å². The number of aryl methyl sites for hydroxylation is 2. The van der Waals surface area contributed by atoms with Gasteiger partial charge in [0.25, 0.3) is 0 Å². The van der Waals surface area contributed by atoms with Crippen molar-refractivity contribution in [2.45, 2.75) is 33.2 Å². The first-order chi connectivity index (χ1) is 12.0. The third kappa shape index (κ3) is 3.93. The number of hydrogen-bond donors (Lipinski definition) is 0. The van der Waals surface area contributed by atoms with E-state index in [9.17, 15) is 4.79 Å². The average molecular weight is 340 g/mol. The lowest BCUT2D eigenvalue weighted by molar-refractivity contribution is -0.130. The zero-order valence-corrected chi connectivity index (χ0v) is 14.5. The summed E-state index contributed by atoms with van der Waals surface area (Å²) in [6.07, 6.45) is 2.70. The molecule has 0 atom stereocenters. The molecule has 130 valence electrons. The summed E-state index contributed by atoms with van der Waals surface area (Å²) in [4.78, 5) is 18.2. The summed E-state index contributed by atoms with van der Waals surface area (Å²) < 4.78 is 10.4. The van der Waals surface area contributed by atoms with Crippen LogP contribution in [0.1, 0.15) is 29.2 Å². The van der Waals surface area contributed by atoms with Crippen LogP contribution in [0.15, 0.2) is 39.5 Å². The van der Waals surface area contributed by atoms with Crippen LogP contribution in [0.3, 0.4) is 0 Å². The van der Waals surface area contributed by atoms with Gasteiger partial charge in [-0.3, -0.25) is 9.78 Å². The second-order valence-electron chi connectivity index (χ2n) is 5.95. The Bertz CT molecular complexity index is 835. The summed E-state index contributed by atoms with van der Waals surface area (Å²) in [5.41, 5.74) is 3.24. The predicted molar refractivity (Wildman–Crippen MR) is 90.5 cm³/mol. The Labute approximate surface area is 145 Å². The number of carbonyl (C=O) groups is 1. The Morgan fingerprint density at radius 1 is 1.16 bits per heavy atom. The van der Waals surface area contributed by atoms with Crippen LogP contribution >= 0.6 is 0 Å². The van der Waals surface area contributed by atoms with Crippen molar-refractivity contribution in [2.24, 2.45) is 0 Å². The molecule has 0 N–H and O–H groups in total. The Hall–Kier alpha value is -2.96. The predicted octanol–water partition coefficient (Wildman–Crippen LogP) is 2.93. The molecule has 3 rings (SSSR count). The Kier molecular flexibility index (Phi) is 4.92. The molecule has 0 fully saturated rings. The summed E-state index contributed by atoms with van der Waals surface area (Å²) in [6.45, 7) is 4.10. The summed E-state index contributed by atoms with van der Waals surface area (Å²) >= 11 is 0. The number of amides is 1. The summed E-state index contributed by atoms with van der Waals surface area (Å²) in [6, 6.07) is 7.40. The van der Waals surface area contributed by atoms with Gasteiger partial charge in [0, 0.05) is 31.3 Å². The number of pyridine rings is 1. The van der Waals surface area contributed by atoms with Crippen molar-refractivity contribution in [2.75, 3.05) is 7.05 Å². The van der Waals surface area contributed by atoms with Gasteiger partial charge in [0.15, 0.2) is 5.76 Å². The van der Waals surface area contributed by atoms with Crippen LogP contribution < -0.4 is 0 Å². The van der Waals surface area contributed by atoms with Gasteiger partial charge in [-0.05, 0) is 32.4 Å². The van der Waals surface area contributed by atoms with Crippen molar-refractivity contribution in [3.05, 3.63) is 53.2 Å². The van der Waals surface area contributed by atoms with Gasteiger partial charge in [-0.25, -0.2) is 0 Å². The summed E-state index contributed by atoms with van der Waals surface area (Å²) in [5.74, 6) is 1.41. The number of rotatable bonds is 6. The first kappa shape index (κ1) is 16.9. The van der Waals surface area contributed by atoms with Gasteiger partial charge in [-0.2, -0.15) is 0 Å². The van der Waals surface area contributed by atoms with Crippen molar-refractivity contribution in [1.29, 1.82) is 0 Å². The number of hydrogen-bond acceptors (Lipinski definition) is 6. The third-order valence-corrected chi connectivity index (χ3v) is 4.08. The summed E-state index contributed by atoms with van der Waals surface area (Å²) in [5, 5.41) is 7.92. The van der Waals surface area contributed by atoms with Crippen molar-refractivity contribution in [3.8, 4) is 11.4 Å². The molecule has 0 aromatic carbocycles. The van der Waals surface area contributed by atoms with Crippen LogP contribution in [-0.2, 0) is 17.8 Å². The molecular formula is C18H20N4O3. The molecule has 3 aromatic rings. The maximum Gasteiger partial charge on any atom is 0.223 e. The largest absolute Gasteiger partial charge is 0.361 e. The number of carbonyl (C=O) groups excluding carboxylic acids is 1. The monoisotopic (exact) mass is 340 g/mol. The van der Waals surface area contributed by atoms with E-state index in [1.54, 1.807) is 24.2 Å². The van der Waals surface area contributed by atoms with Crippen LogP contribution in [0.2, 0.25) is 0 Å². The maximum absolute atomic E-state index is 12.3. The van der Waals surface area contributed by atoms with Crippen LogP contribution in [0.4, 0.5) is 0 Å². The third-order valence-electron chi connectivity index (χ3n) is 4.08. The first-order valence-electron chi connectivity index (χ1n) is 8.07. The molecule has 0 saturated carbocycles. The first-order valence-corrected chi connectivity index (χ1v) is 8.07. The van der Waals surface area contributed by atoms with Crippen LogP contribution in [0.5, 0.6) is 0 Å². The molecule has 0 spiro atoms. The van der Waals surface area contributed by atoms with E-state index >= 15 is 0 Å². The lowest BCUT2D eigenvalue weighted by Gasteiger charge is -2.15. The van der Waals surface area contributed by atoms with Crippen molar-refractivity contribution < 1.29 is 13.8 Å². The molecule has 25 heavy (non-hydrogen) atoms. The zero-order chi connectivity index (χ0) is 17.8. The fourth-order valence-corrected chi connectivity index (χ4v) is 2.63. The number of aromatic nitrogens is 3. The Morgan fingerprint density at radius 2 is 2.00 bits per heavy atom. The van der Waals surface area contributed by atoms with Gasteiger partial charge in [0.2, 0.25) is 5.91 Å². The molecule has 3 aromatic heterocycles. The van der Waals surface area contributed by atoms with E-state index in [-0.39, 0.29) is 5.91 Å². The van der Waals surface area contributed by atoms with E-state index in [1.807, 2.05) is 32.0 Å². The fraction of sp³-hybridized carbons (Fsp3) is 0.333. The normalized spacial score (nSPS) is 10.8. The minimum atomic E-state index is 0.0239. The van der Waals surface area contributed by atoms with Gasteiger partial charge in [0.05, 0.1) is 17.9 Å². The second-order valence-corrected chi connectivity index (χ2v) is 5.95. The highest BCUT2D eigenvalue weighted by Crippen LogP contribution is 2.18. The maximum atomic E-state index is 12.3. The average Bonchev–Trinajstić information content (AvgIpc) is 3.21. The molecular weight excluding hydrogens is 320 g/mol. The minimum absolute atomic E-state index is 0.0239. The highest BCUT2D eigenvalue weighted by molar-refractivity contribution is 5.76. The van der Waals surface area contributed by atoms with E-state index in [2.05, 4.69) is 15.3 Å². The quantitative estimate of drug-likeness (QED) is 0.686. The van der Waals surface area contributed by atoms with Gasteiger partial charge >= 0.3 is 0 Å². The SMILES string of the molecule is Cc1noc(C)c1CCC(=O)N(C)Cc1cc(-c2ccccn2)no1. The lowest BCUT2D eigenvalue weighted by atomic mass is 10.1. The van der Waals surface area contributed by atoms with Crippen LogP contribution in [0, 0.1) is 13.8 Å². The topological polar surface area (TPSA) is 85.3 Å². The molecule has 1 amide bonds.